The van der Waals surface area contributed by atoms with Crippen LogP contribution in [-0.4, -0.2) is 44.2 Å². The van der Waals surface area contributed by atoms with E-state index in [9.17, 15) is 18.0 Å². The summed E-state index contributed by atoms with van der Waals surface area (Å²) in [4.78, 5) is 24.3. The number of carbonyl (C=O) groups excluding carboxylic acids is 1. The maximum Gasteiger partial charge on any atom is 0.335 e. The van der Waals surface area contributed by atoms with Crippen molar-refractivity contribution >= 4 is 33.3 Å². The van der Waals surface area contributed by atoms with Crippen molar-refractivity contribution in [2.24, 2.45) is 5.14 Å². The zero-order valence-corrected chi connectivity index (χ0v) is 12.1. The second-order valence-electron chi connectivity index (χ2n) is 4.71. The van der Waals surface area contributed by atoms with Gasteiger partial charge < -0.3 is 15.3 Å². The Morgan fingerprint density at radius 3 is 2.62 bits per heavy atom. The van der Waals surface area contributed by atoms with Crippen LogP contribution < -0.4 is 15.4 Å². The molecule has 0 aliphatic carbocycles. The van der Waals surface area contributed by atoms with E-state index in [1.807, 2.05) is 0 Å². The highest BCUT2D eigenvalue weighted by Crippen LogP contribution is 2.31. The second kappa shape index (κ2) is 5.34. The van der Waals surface area contributed by atoms with Crippen molar-refractivity contribution in [3.63, 3.8) is 0 Å². The molecule has 4 N–H and O–H groups in total. The highest BCUT2D eigenvalue weighted by atomic mass is 32.2. The molecule has 0 aromatic heterocycles. The SMILES string of the molecule is CNc1ccc(C(=O)O)cc1N1CC(S(N)(=O)=O)CC1=O. The van der Waals surface area contributed by atoms with E-state index >= 15 is 0 Å². The molecule has 1 aromatic carbocycles. The van der Waals surface area contributed by atoms with Crippen LogP contribution in [0.15, 0.2) is 18.2 Å². The molecule has 0 saturated carbocycles. The van der Waals surface area contributed by atoms with Gasteiger partial charge in [-0.05, 0) is 18.2 Å². The number of rotatable bonds is 4. The maximum absolute atomic E-state index is 12.0. The van der Waals surface area contributed by atoms with Crippen molar-refractivity contribution in [3.8, 4) is 0 Å². The van der Waals surface area contributed by atoms with Crippen molar-refractivity contribution in [2.45, 2.75) is 11.7 Å². The number of carbonyl (C=O) groups is 2. The van der Waals surface area contributed by atoms with Gasteiger partial charge in [0.1, 0.15) is 5.25 Å². The Morgan fingerprint density at radius 2 is 2.14 bits per heavy atom. The molecule has 0 bridgehead atoms. The molecule has 8 nitrogen and oxygen atoms in total. The van der Waals surface area contributed by atoms with Gasteiger partial charge in [-0.2, -0.15) is 0 Å². The fraction of sp³-hybridized carbons (Fsp3) is 0.333. The number of benzene rings is 1. The summed E-state index contributed by atoms with van der Waals surface area (Å²) in [5.41, 5.74) is 0.868. The summed E-state index contributed by atoms with van der Waals surface area (Å²) in [5, 5.41) is 16.0. The molecule has 9 heteroatoms. The normalized spacial score (nSPS) is 18.9. The van der Waals surface area contributed by atoms with Crippen LogP contribution in [0, 0.1) is 0 Å². The van der Waals surface area contributed by atoms with Gasteiger partial charge in [-0.1, -0.05) is 0 Å². The lowest BCUT2D eigenvalue weighted by molar-refractivity contribution is -0.117. The van der Waals surface area contributed by atoms with Gasteiger partial charge >= 0.3 is 5.97 Å². The number of hydrogen-bond donors (Lipinski definition) is 3. The van der Waals surface area contributed by atoms with Crippen molar-refractivity contribution < 1.29 is 23.1 Å². The Hall–Kier alpha value is -2.13. The molecule has 0 spiro atoms. The van der Waals surface area contributed by atoms with Crippen molar-refractivity contribution in [2.75, 3.05) is 23.8 Å². The summed E-state index contributed by atoms with van der Waals surface area (Å²) in [6.45, 7) is -0.0879. The van der Waals surface area contributed by atoms with Crippen LogP contribution in [0.25, 0.3) is 0 Å². The minimum Gasteiger partial charge on any atom is -0.478 e. The molecule has 1 aliphatic heterocycles. The van der Waals surface area contributed by atoms with Crippen LogP contribution in [0.2, 0.25) is 0 Å². The van der Waals surface area contributed by atoms with Gasteiger partial charge in [-0.25, -0.2) is 18.4 Å². The van der Waals surface area contributed by atoms with Crippen LogP contribution in [0.4, 0.5) is 11.4 Å². The Bertz CT molecular complexity index is 701. The minimum absolute atomic E-state index is 0.0101. The summed E-state index contributed by atoms with van der Waals surface area (Å²) in [7, 11) is -2.20. The first-order valence-electron chi connectivity index (χ1n) is 6.11. The third-order valence-corrected chi connectivity index (χ3v) is 4.60. The fourth-order valence-electron chi connectivity index (χ4n) is 2.23. The molecule has 21 heavy (non-hydrogen) atoms. The summed E-state index contributed by atoms with van der Waals surface area (Å²) in [5.74, 6) is -1.54. The minimum atomic E-state index is -3.82. The first kappa shape index (κ1) is 15.3. The number of nitrogens with one attached hydrogen (secondary N) is 1. The third kappa shape index (κ3) is 2.98. The molecule has 1 atom stereocenters. The zero-order chi connectivity index (χ0) is 15.8. The fourth-order valence-corrected chi connectivity index (χ4v) is 2.96. The predicted molar refractivity (Wildman–Crippen MR) is 76.8 cm³/mol. The Balaban J connectivity index is 2.43. The molecule has 1 heterocycles. The number of amides is 1. The lowest BCUT2D eigenvalue weighted by Crippen LogP contribution is -2.32. The summed E-state index contributed by atoms with van der Waals surface area (Å²) >= 11 is 0. The van der Waals surface area contributed by atoms with E-state index in [-0.39, 0.29) is 18.5 Å². The van der Waals surface area contributed by atoms with E-state index in [1.165, 1.54) is 23.1 Å². The monoisotopic (exact) mass is 313 g/mol. The van der Waals surface area contributed by atoms with Crippen molar-refractivity contribution in [1.82, 2.24) is 0 Å². The molecule has 1 aliphatic rings. The molecule has 2 rings (SSSR count). The van der Waals surface area contributed by atoms with Crippen molar-refractivity contribution in [1.29, 1.82) is 0 Å². The maximum atomic E-state index is 12.0. The van der Waals surface area contributed by atoms with Gasteiger partial charge in [0.05, 0.1) is 16.9 Å². The lowest BCUT2D eigenvalue weighted by atomic mass is 10.1. The van der Waals surface area contributed by atoms with E-state index in [0.29, 0.717) is 11.4 Å². The van der Waals surface area contributed by atoms with Crippen LogP contribution >= 0.6 is 0 Å². The number of nitrogens with two attached hydrogens (primary N) is 1. The topological polar surface area (TPSA) is 130 Å². The number of hydrogen-bond acceptors (Lipinski definition) is 5. The van der Waals surface area contributed by atoms with Gasteiger partial charge in [0.2, 0.25) is 15.9 Å². The highest BCUT2D eigenvalue weighted by molar-refractivity contribution is 7.89. The van der Waals surface area contributed by atoms with Gasteiger partial charge in [-0.15, -0.1) is 0 Å². The van der Waals surface area contributed by atoms with Gasteiger partial charge in [0.25, 0.3) is 0 Å². The molecule has 0 radical (unpaired) electrons. The summed E-state index contributed by atoms with van der Waals surface area (Å²) in [6.07, 6.45) is -0.209. The standard InChI is InChI=1S/C12H15N3O5S/c1-14-9-3-2-7(12(17)18)4-10(9)15-6-8(5-11(15)16)21(13,19)20/h2-4,8,14H,5-6H2,1H3,(H,17,18)(H2,13,19,20). The number of anilines is 2. The van der Waals surface area contributed by atoms with E-state index in [1.54, 1.807) is 7.05 Å². The number of nitrogens with zero attached hydrogens (tertiary/aromatic N) is 1. The van der Waals surface area contributed by atoms with Crippen LogP contribution in [0.3, 0.4) is 0 Å². The third-order valence-electron chi connectivity index (χ3n) is 3.36. The molecular formula is C12H15N3O5S. The van der Waals surface area contributed by atoms with Crippen LogP contribution in [0.1, 0.15) is 16.8 Å². The Labute approximate surface area is 121 Å². The number of carboxylic acids is 1. The van der Waals surface area contributed by atoms with Crippen LogP contribution in [0.5, 0.6) is 0 Å². The molecule has 1 saturated heterocycles. The average Bonchev–Trinajstić information content (AvgIpc) is 2.79. The van der Waals surface area contributed by atoms with Crippen molar-refractivity contribution in [3.05, 3.63) is 23.8 Å². The Kier molecular flexibility index (Phi) is 3.88. The smallest absolute Gasteiger partial charge is 0.335 e. The molecule has 1 unspecified atom stereocenters. The second-order valence-corrected chi connectivity index (χ2v) is 6.55. The molecule has 114 valence electrons. The van der Waals surface area contributed by atoms with E-state index in [2.05, 4.69) is 5.32 Å². The molecule has 1 amide bonds. The predicted octanol–water partition coefficient (Wildman–Crippen LogP) is -0.180. The first-order valence-corrected chi connectivity index (χ1v) is 7.72. The number of sulfonamides is 1. The number of carboxylic acid groups (broad SMARTS) is 1. The average molecular weight is 313 g/mol. The highest BCUT2D eigenvalue weighted by Gasteiger charge is 2.38. The molecular weight excluding hydrogens is 298 g/mol. The van der Waals surface area contributed by atoms with E-state index in [0.717, 1.165) is 0 Å². The molecule has 1 fully saturated rings. The lowest BCUT2D eigenvalue weighted by Gasteiger charge is -2.20. The summed E-state index contributed by atoms with van der Waals surface area (Å²) < 4.78 is 22.7. The zero-order valence-electron chi connectivity index (χ0n) is 11.2. The van der Waals surface area contributed by atoms with E-state index in [4.69, 9.17) is 10.2 Å². The number of aromatic carboxylic acids is 1. The molecule has 1 aromatic rings. The Morgan fingerprint density at radius 1 is 1.48 bits per heavy atom. The largest absolute Gasteiger partial charge is 0.478 e. The van der Waals surface area contributed by atoms with Gasteiger partial charge in [0, 0.05) is 20.0 Å². The van der Waals surface area contributed by atoms with Gasteiger partial charge in [-0.3, -0.25) is 4.79 Å². The quantitative estimate of drug-likeness (QED) is 0.707. The van der Waals surface area contributed by atoms with E-state index < -0.39 is 27.1 Å². The van der Waals surface area contributed by atoms with Gasteiger partial charge in [0.15, 0.2) is 0 Å². The number of primary sulfonamides is 1. The summed E-state index contributed by atoms with van der Waals surface area (Å²) in [6, 6.07) is 4.25. The first-order chi connectivity index (χ1) is 9.74. The van der Waals surface area contributed by atoms with Crippen LogP contribution in [-0.2, 0) is 14.8 Å².